The van der Waals surface area contributed by atoms with Crippen molar-refractivity contribution < 1.29 is 19.2 Å². The molecule has 0 saturated carbocycles. The fraction of sp³-hybridized carbons (Fsp3) is 0.0833. The van der Waals surface area contributed by atoms with Gasteiger partial charge in [0.25, 0.3) is 11.8 Å². The van der Waals surface area contributed by atoms with Crippen molar-refractivity contribution >= 4 is 17.8 Å². The lowest BCUT2D eigenvalue weighted by Crippen LogP contribution is -2.32. The molecule has 0 atom stereocenters. The molecule has 2 rings (SSSR count). The summed E-state index contributed by atoms with van der Waals surface area (Å²) in [6.45, 7) is 1.88. The van der Waals surface area contributed by atoms with Gasteiger partial charge in [-0.15, -0.1) is 0 Å². The number of hydrogen-bond donors (Lipinski definition) is 0. The van der Waals surface area contributed by atoms with E-state index in [9.17, 15) is 14.4 Å². The Labute approximate surface area is 97.2 Å². The molecule has 0 aromatic heterocycles. The van der Waals surface area contributed by atoms with Crippen molar-refractivity contribution in [3.8, 4) is 0 Å². The van der Waals surface area contributed by atoms with Gasteiger partial charge in [-0.3, -0.25) is 9.59 Å². The molecule has 1 aliphatic heterocycles. The molecule has 1 heterocycles. The van der Waals surface area contributed by atoms with Crippen LogP contribution in [0.15, 0.2) is 36.4 Å². The molecule has 0 saturated heterocycles. The zero-order valence-electron chi connectivity index (χ0n) is 9.04. The van der Waals surface area contributed by atoms with Crippen LogP contribution < -0.4 is 0 Å². The lowest BCUT2D eigenvalue weighted by Gasteiger charge is -2.12. The quantitative estimate of drug-likeness (QED) is 0.712. The van der Waals surface area contributed by atoms with Crippen LogP contribution in [0.25, 0.3) is 0 Å². The molecule has 0 unspecified atom stereocenters. The van der Waals surface area contributed by atoms with Gasteiger partial charge in [0.2, 0.25) is 0 Å². The Kier molecular flexibility index (Phi) is 2.74. The monoisotopic (exact) mass is 231 g/mol. The number of imide groups is 1. The Bertz CT molecular complexity index is 498. The van der Waals surface area contributed by atoms with Crippen LogP contribution in [0.2, 0.25) is 0 Å². The van der Waals surface area contributed by atoms with Gasteiger partial charge in [-0.2, -0.15) is 0 Å². The summed E-state index contributed by atoms with van der Waals surface area (Å²) in [7, 11) is 0. The predicted molar refractivity (Wildman–Crippen MR) is 57.6 cm³/mol. The summed E-state index contributed by atoms with van der Waals surface area (Å²) in [6.07, 6.45) is 2.09. The van der Waals surface area contributed by atoms with Crippen molar-refractivity contribution in [3.63, 3.8) is 0 Å². The summed E-state index contributed by atoms with van der Waals surface area (Å²) in [5, 5.41) is 0.433. The molecule has 0 fully saturated rings. The molecule has 0 N–H and O–H groups in total. The average molecular weight is 231 g/mol. The number of carbonyl (C=O) groups excluding carboxylic acids is 3. The van der Waals surface area contributed by atoms with Crippen molar-refractivity contribution in [2.45, 2.75) is 6.92 Å². The third-order valence-corrected chi connectivity index (χ3v) is 2.23. The molecule has 0 bridgehead atoms. The lowest BCUT2D eigenvalue weighted by molar-refractivity contribution is -0.170. The number of hydroxylamine groups is 2. The Balaban J connectivity index is 2.10. The van der Waals surface area contributed by atoms with Crippen LogP contribution in [0.5, 0.6) is 0 Å². The van der Waals surface area contributed by atoms with Gasteiger partial charge >= 0.3 is 5.97 Å². The van der Waals surface area contributed by atoms with Crippen molar-refractivity contribution in [3.05, 3.63) is 47.5 Å². The summed E-state index contributed by atoms with van der Waals surface area (Å²) in [5.41, 5.74) is 1.28. The van der Waals surface area contributed by atoms with E-state index in [1.54, 1.807) is 24.3 Å². The maximum absolute atomic E-state index is 11.6. The number of amides is 2. The Morgan fingerprint density at radius 2 is 1.59 bits per heavy atom. The highest BCUT2D eigenvalue weighted by Gasteiger charge is 2.28. The molecule has 5 nitrogen and oxygen atoms in total. The first-order valence-corrected chi connectivity index (χ1v) is 4.93. The standard InChI is InChI=1S/C12H9NO4/c1-8-2-4-9(5-3-8)12(16)17-13-10(14)6-7-11(13)15/h2-7H,1H3. The second-order valence-electron chi connectivity index (χ2n) is 3.55. The molecular weight excluding hydrogens is 222 g/mol. The predicted octanol–water partition coefficient (Wildman–Crippen LogP) is 0.992. The van der Waals surface area contributed by atoms with Crippen LogP contribution >= 0.6 is 0 Å². The highest BCUT2D eigenvalue weighted by molar-refractivity contribution is 6.12. The molecule has 0 radical (unpaired) electrons. The fourth-order valence-electron chi connectivity index (χ4n) is 1.30. The summed E-state index contributed by atoms with van der Waals surface area (Å²) >= 11 is 0. The number of nitrogens with zero attached hydrogens (tertiary/aromatic N) is 1. The Morgan fingerprint density at radius 3 is 2.12 bits per heavy atom. The van der Waals surface area contributed by atoms with E-state index in [4.69, 9.17) is 4.84 Å². The highest BCUT2D eigenvalue weighted by Crippen LogP contribution is 2.09. The molecule has 0 aliphatic carbocycles. The minimum atomic E-state index is -0.740. The van der Waals surface area contributed by atoms with Gasteiger partial charge in [-0.1, -0.05) is 22.8 Å². The van der Waals surface area contributed by atoms with Crippen LogP contribution in [0, 0.1) is 6.92 Å². The zero-order chi connectivity index (χ0) is 12.4. The minimum absolute atomic E-state index is 0.281. The molecule has 17 heavy (non-hydrogen) atoms. The maximum atomic E-state index is 11.6. The van der Waals surface area contributed by atoms with E-state index in [-0.39, 0.29) is 5.56 Å². The summed E-state index contributed by atoms with van der Waals surface area (Å²) in [4.78, 5) is 38.6. The molecule has 2 amide bonds. The first kappa shape index (κ1) is 11.1. The summed E-state index contributed by atoms with van der Waals surface area (Å²) < 4.78 is 0. The average Bonchev–Trinajstić information content (AvgIpc) is 2.61. The molecule has 86 valence electrons. The molecule has 0 spiro atoms. The van der Waals surface area contributed by atoms with E-state index < -0.39 is 17.8 Å². The van der Waals surface area contributed by atoms with Crippen molar-refractivity contribution in [2.75, 3.05) is 0 Å². The SMILES string of the molecule is Cc1ccc(C(=O)ON2C(=O)C=CC2=O)cc1. The van der Waals surface area contributed by atoms with E-state index in [1.165, 1.54) is 0 Å². The first-order valence-electron chi connectivity index (χ1n) is 4.93. The van der Waals surface area contributed by atoms with E-state index >= 15 is 0 Å². The Morgan fingerprint density at radius 1 is 1.06 bits per heavy atom. The number of rotatable bonds is 2. The van der Waals surface area contributed by atoms with Crippen molar-refractivity contribution in [2.24, 2.45) is 0 Å². The van der Waals surface area contributed by atoms with Gasteiger partial charge < -0.3 is 4.84 Å². The van der Waals surface area contributed by atoms with Crippen LogP contribution in [0.3, 0.4) is 0 Å². The van der Waals surface area contributed by atoms with E-state index in [0.29, 0.717) is 5.06 Å². The van der Waals surface area contributed by atoms with Gasteiger partial charge in [0.05, 0.1) is 5.56 Å². The smallest absolute Gasteiger partial charge is 0.324 e. The van der Waals surface area contributed by atoms with Crippen LogP contribution in [-0.2, 0) is 14.4 Å². The lowest BCUT2D eigenvalue weighted by atomic mass is 10.2. The first-order chi connectivity index (χ1) is 8.08. The minimum Gasteiger partial charge on any atom is -0.324 e. The van der Waals surface area contributed by atoms with E-state index in [2.05, 4.69) is 0 Å². The third kappa shape index (κ3) is 2.23. The zero-order valence-corrected chi connectivity index (χ0v) is 9.04. The van der Waals surface area contributed by atoms with Gasteiger partial charge in [-0.05, 0) is 19.1 Å². The largest absolute Gasteiger partial charge is 0.363 e. The molecule has 1 aliphatic rings. The van der Waals surface area contributed by atoms with Crippen LogP contribution in [0.4, 0.5) is 0 Å². The van der Waals surface area contributed by atoms with Crippen molar-refractivity contribution in [1.82, 2.24) is 5.06 Å². The van der Waals surface area contributed by atoms with Crippen LogP contribution in [0.1, 0.15) is 15.9 Å². The number of carbonyl (C=O) groups is 3. The Hall–Kier alpha value is -2.43. The molecule has 1 aromatic carbocycles. The van der Waals surface area contributed by atoms with E-state index in [0.717, 1.165) is 17.7 Å². The maximum Gasteiger partial charge on any atom is 0.363 e. The van der Waals surface area contributed by atoms with Gasteiger partial charge in [-0.25, -0.2) is 4.79 Å². The van der Waals surface area contributed by atoms with Crippen molar-refractivity contribution in [1.29, 1.82) is 0 Å². The normalized spacial score (nSPS) is 14.3. The topological polar surface area (TPSA) is 63.7 Å². The second-order valence-corrected chi connectivity index (χ2v) is 3.55. The summed E-state index contributed by atoms with van der Waals surface area (Å²) in [5.74, 6) is -2.05. The van der Waals surface area contributed by atoms with Gasteiger partial charge in [0, 0.05) is 12.2 Å². The van der Waals surface area contributed by atoms with Gasteiger partial charge in [0.1, 0.15) is 0 Å². The fourth-order valence-corrected chi connectivity index (χ4v) is 1.30. The molecular formula is C12H9NO4. The molecule has 1 aromatic rings. The summed E-state index contributed by atoms with van der Waals surface area (Å²) in [6, 6.07) is 6.61. The highest BCUT2D eigenvalue weighted by atomic mass is 16.7. The number of aryl methyl sites for hydroxylation is 1. The molecule has 5 heteroatoms. The van der Waals surface area contributed by atoms with Crippen LogP contribution in [-0.4, -0.2) is 22.8 Å². The second kappa shape index (κ2) is 4.21. The number of hydrogen-bond acceptors (Lipinski definition) is 4. The number of benzene rings is 1. The third-order valence-electron chi connectivity index (χ3n) is 2.23. The van der Waals surface area contributed by atoms with Gasteiger partial charge in [0.15, 0.2) is 0 Å². The van der Waals surface area contributed by atoms with E-state index in [1.807, 2.05) is 6.92 Å².